The van der Waals surface area contributed by atoms with Gasteiger partial charge in [0, 0.05) is 10.7 Å². The molecule has 0 fully saturated rings. The number of nitrogens with one attached hydrogen (secondary N) is 1. The monoisotopic (exact) mass is 348 g/mol. The summed E-state index contributed by atoms with van der Waals surface area (Å²) in [4.78, 5) is 4.30. The number of nitrogens with zero attached hydrogens (tertiary/aromatic N) is 1. The number of pyridine rings is 1. The molecule has 21 heavy (non-hydrogen) atoms. The maximum Gasteiger partial charge on any atom is 0.137 e. The lowest BCUT2D eigenvalue weighted by molar-refractivity contribution is 0.338. The Labute approximate surface area is 134 Å². The van der Waals surface area contributed by atoms with Gasteiger partial charge in [-0.3, -0.25) is 4.98 Å². The van der Waals surface area contributed by atoms with Gasteiger partial charge in [-0.05, 0) is 55.3 Å². The minimum Gasteiger partial charge on any atom is -0.492 e. The Kier molecular flexibility index (Phi) is 5.76. The predicted molar refractivity (Wildman–Crippen MR) is 89.8 cm³/mol. The first-order valence-electron chi connectivity index (χ1n) is 7.22. The van der Waals surface area contributed by atoms with Gasteiger partial charge in [0.25, 0.3) is 0 Å². The molecule has 0 amide bonds. The van der Waals surface area contributed by atoms with E-state index in [-0.39, 0.29) is 6.04 Å². The second kappa shape index (κ2) is 7.57. The highest BCUT2D eigenvalue weighted by molar-refractivity contribution is 9.10. The van der Waals surface area contributed by atoms with Crippen molar-refractivity contribution in [1.82, 2.24) is 10.3 Å². The molecule has 0 bridgehead atoms. The lowest BCUT2D eigenvalue weighted by Crippen LogP contribution is -2.23. The number of rotatable bonds is 6. The van der Waals surface area contributed by atoms with Crippen LogP contribution >= 0.6 is 15.9 Å². The summed E-state index contributed by atoms with van der Waals surface area (Å²) in [6, 6.07) is 8.55. The van der Waals surface area contributed by atoms with Crippen molar-refractivity contribution < 1.29 is 4.74 Å². The largest absolute Gasteiger partial charge is 0.492 e. The van der Waals surface area contributed by atoms with Gasteiger partial charge < -0.3 is 10.1 Å². The van der Waals surface area contributed by atoms with E-state index in [2.05, 4.69) is 64.3 Å². The van der Waals surface area contributed by atoms with Crippen LogP contribution in [-0.4, -0.2) is 18.1 Å². The average Bonchev–Trinajstić information content (AvgIpc) is 2.46. The van der Waals surface area contributed by atoms with Crippen molar-refractivity contribution in [1.29, 1.82) is 0 Å². The molecular weight excluding hydrogens is 328 g/mol. The summed E-state index contributed by atoms with van der Waals surface area (Å²) in [5, 5.41) is 3.53. The molecule has 1 N–H and O–H groups in total. The van der Waals surface area contributed by atoms with Crippen LogP contribution in [0.15, 0.2) is 41.1 Å². The van der Waals surface area contributed by atoms with Crippen molar-refractivity contribution >= 4 is 15.9 Å². The fraction of sp³-hybridized carbons (Fsp3) is 0.353. The molecule has 0 aliphatic heterocycles. The SMILES string of the molecule is CCNC(c1cncc(OCC)c1)c1ccc(Br)cc1C. The zero-order chi connectivity index (χ0) is 15.2. The highest BCUT2D eigenvalue weighted by Crippen LogP contribution is 2.28. The number of halogens is 1. The Morgan fingerprint density at radius 1 is 1.24 bits per heavy atom. The van der Waals surface area contributed by atoms with Crippen LogP contribution in [0.3, 0.4) is 0 Å². The maximum atomic E-state index is 5.56. The number of aryl methyl sites for hydroxylation is 1. The fourth-order valence-electron chi connectivity index (χ4n) is 2.41. The molecule has 1 atom stereocenters. The quantitative estimate of drug-likeness (QED) is 0.847. The third-order valence-corrected chi connectivity index (χ3v) is 3.82. The summed E-state index contributed by atoms with van der Waals surface area (Å²) in [7, 11) is 0. The van der Waals surface area contributed by atoms with Crippen molar-refractivity contribution in [2.45, 2.75) is 26.8 Å². The molecule has 1 unspecified atom stereocenters. The first-order chi connectivity index (χ1) is 10.2. The second-order valence-corrected chi connectivity index (χ2v) is 5.79. The van der Waals surface area contributed by atoms with Gasteiger partial charge in [-0.25, -0.2) is 0 Å². The number of ether oxygens (including phenoxy) is 1. The van der Waals surface area contributed by atoms with E-state index in [9.17, 15) is 0 Å². The molecule has 1 heterocycles. The van der Waals surface area contributed by atoms with Gasteiger partial charge in [-0.15, -0.1) is 0 Å². The maximum absolute atomic E-state index is 5.56. The molecule has 1 aromatic carbocycles. The standard InChI is InChI=1S/C17H21BrN2O/c1-4-20-17(16-7-6-14(18)8-12(16)3)13-9-15(21-5-2)11-19-10-13/h6-11,17,20H,4-5H2,1-3H3. The molecule has 0 radical (unpaired) electrons. The number of hydrogen-bond acceptors (Lipinski definition) is 3. The molecule has 3 nitrogen and oxygen atoms in total. The highest BCUT2D eigenvalue weighted by atomic mass is 79.9. The molecule has 0 spiro atoms. The van der Waals surface area contributed by atoms with Crippen LogP contribution in [0.25, 0.3) is 0 Å². The van der Waals surface area contributed by atoms with E-state index in [4.69, 9.17) is 4.74 Å². The average molecular weight is 349 g/mol. The third kappa shape index (κ3) is 4.05. The van der Waals surface area contributed by atoms with Gasteiger partial charge in [-0.2, -0.15) is 0 Å². The van der Waals surface area contributed by atoms with E-state index >= 15 is 0 Å². The van der Waals surface area contributed by atoms with Crippen LogP contribution in [0.1, 0.15) is 36.6 Å². The van der Waals surface area contributed by atoms with E-state index in [1.807, 2.05) is 13.1 Å². The lowest BCUT2D eigenvalue weighted by Gasteiger charge is -2.21. The molecular formula is C17H21BrN2O. The summed E-state index contributed by atoms with van der Waals surface area (Å²) < 4.78 is 6.66. The van der Waals surface area contributed by atoms with Crippen LogP contribution in [-0.2, 0) is 0 Å². The smallest absolute Gasteiger partial charge is 0.137 e. The first-order valence-corrected chi connectivity index (χ1v) is 8.02. The molecule has 112 valence electrons. The summed E-state index contributed by atoms with van der Waals surface area (Å²) >= 11 is 3.52. The molecule has 0 saturated heterocycles. The topological polar surface area (TPSA) is 34.2 Å². The van der Waals surface area contributed by atoms with E-state index in [1.54, 1.807) is 6.20 Å². The van der Waals surface area contributed by atoms with Crippen LogP contribution < -0.4 is 10.1 Å². The Hall–Kier alpha value is -1.39. The van der Waals surface area contributed by atoms with Crippen LogP contribution in [0, 0.1) is 6.92 Å². The minimum atomic E-state index is 0.121. The van der Waals surface area contributed by atoms with Crippen molar-refractivity contribution in [3.63, 3.8) is 0 Å². The number of benzene rings is 1. The number of hydrogen-bond donors (Lipinski definition) is 1. The Morgan fingerprint density at radius 3 is 2.71 bits per heavy atom. The van der Waals surface area contributed by atoms with Crippen LogP contribution in [0.4, 0.5) is 0 Å². The normalized spacial score (nSPS) is 12.2. The van der Waals surface area contributed by atoms with Gasteiger partial charge in [-0.1, -0.05) is 28.9 Å². The van der Waals surface area contributed by atoms with Gasteiger partial charge in [0.2, 0.25) is 0 Å². The zero-order valence-corrected chi connectivity index (χ0v) is 14.3. The van der Waals surface area contributed by atoms with E-state index < -0.39 is 0 Å². The third-order valence-electron chi connectivity index (χ3n) is 3.33. The Balaban J connectivity index is 2.40. The highest BCUT2D eigenvalue weighted by Gasteiger charge is 2.16. The number of aromatic nitrogens is 1. The second-order valence-electron chi connectivity index (χ2n) is 4.88. The van der Waals surface area contributed by atoms with Crippen molar-refractivity contribution in [3.05, 3.63) is 57.8 Å². The molecule has 0 saturated carbocycles. The lowest BCUT2D eigenvalue weighted by atomic mass is 9.96. The van der Waals surface area contributed by atoms with Crippen molar-refractivity contribution in [2.75, 3.05) is 13.2 Å². The fourth-order valence-corrected chi connectivity index (χ4v) is 2.89. The Morgan fingerprint density at radius 2 is 2.05 bits per heavy atom. The van der Waals surface area contributed by atoms with E-state index in [0.717, 1.165) is 22.3 Å². The predicted octanol–water partition coefficient (Wildman–Crippen LogP) is 4.25. The minimum absolute atomic E-state index is 0.121. The molecule has 1 aromatic heterocycles. The van der Waals surface area contributed by atoms with Crippen LogP contribution in [0.2, 0.25) is 0 Å². The summed E-state index contributed by atoms with van der Waals surface area (Å²) in [5.41, 5.74) is 3.63. The molecule has 0 aliphatic carbocycles. The first kappa shape index (κ1) is 16.0. The van der Waals surface area contributed by atoms with E-state index in [0.29, 0.717) is 6.61 Å². The van der Waals surface area contributed by atoms with Gasteiger partial charge in [0.15, 0.2) is 0 Å². The van der Waals surface area contributed by atoms with Crippen molar-refractivity contribution in [2.24, 2.45) is 0 Å². The summed E-state index contributed by atoms with van der Waals surface area (Å²) in [6.07, 6.45) is 3.65. The van der Waals surface area contributed by atoms with Gasteiger partial charge >= 0.3 is 0 Å². The molecule has 0 aliphatic rings. The van der Waals surface area contributed by atoms with Gasteiger partial charge in [0.1, 0.15) is 5.75 Å². The molecule has 4 heteroatoms. The Bertz CT molecular complexity index is 601. The molecule has 2 aromatic rings. The zero-order valence-electron chi connectivity index (χ0n) is 12.7. The molecule has 2 rings (SSSR count). The van der Waals surface area contributed by atoms with Gasteiger partial charge in [0.05, 0.1) is 18.8 Å². The van der Waals surface area contributed by atoms with Crippen molar-refractivity contribution in [3.8, 4) is 5.75 Å². The van der Waals surface area contributed by atoms with Crippen LogP contribution in [0.5, 0.6) is 5.75 Å². The summed E-state index contributed by atoms with van der Waals surface area (Å²) in [5.74, 6) is 0.813. The van der Waals surface area contributed by atoms with E-state index in [1.165, 1.54) is 11.1 Å². The summed E-state index contributed by atoms with van der Waals surface area (Å²) in [6.45, 7) is 7.76.